The Morgan fingerprint density at radius 3 is 2.52 bits per heavy atom. The highest BCUT2D eigenvalue weighted by atomic mass is 16.5. The number of hydrogen-bond acceptors (Lipinski definition) is 4. The molecule has 3 aromatic rings. The second-order valence-electron chi connectivity index (χ2n) is 5.56. The lowest BCUT2D eigenvalue weighted by atomic mass is 10.1. The van der Waals surface area contributed by atoms with Crippen molar-refractivity contribution in [2.24, 2.45) is 0 Å². The first kappa shape index (κ1) is 16.8. The number of aromatic nitrogens is 1. The molecule has 5 nitrogen and oxygen atoms in total. The number of ether oxygens (including phenoxy) is 1. The third kappa shape index (κ3) is 5.21. The molecule has 0 radical (unpaired) electrons. The van der Waals surface area contributed by atoms with E-state index in [2.05, 4.69) is 10.5 Å². The number of benzene rings is 2. The molecule has 128 valence electrons. The zero-order valence-corrected chi connectivity index (χ0v) is 13.9. The zero-order valence-electron chi connectivity index (χ0n) is 13.9. The van der Waals surface area contributed by atoms with Gasteiger partial charge in [-0.2, -0.15) is 0 Å². The molecule has 25 heavy (non-hydrogen) atoms. The number of amides is 1. The van der Waals surface area contributed by atoms with Crippen LogP contribution in [0.4, 0.5) is 0 Å². The van der Waals surface area contributed by atoms with E-state index in [-0.39, 0.29) is 5.91 Å². The second-order valence-corrected chi connectivity index (χ2v) is 5.56. The molecule has 0 unspecified atom stereocenters. The van der Waals surface area contributed by atoms with Gasteiger partial charge < -0.3 is 14.6 Å². The van der Waals surface area contributed by atoms with Gasteiger partial charge in [0.2, 0.25) is 5.91 Å². The Bertz CT molecular complexity index is 785. The van der Waals surface area contributed by atoms with Crippen molar-refractivity contribution in [3.63, 3.8) is 0 Å². The molecular formula is C20H20N2O3. The molecule has 1 N–H and O–H groups in total. The van der Waals surface area contributed by atoms with E-state index in [0.29, 0.717) is 26.0 Å². The lowest BCUT2D eigenvalue weighted by Crippen LogP contribution is -2.27. The third-order valence-electron chi connectivity index (χ3n) is 3.66. The summed E-state index contributed by atoms with van der Waals surface area (Å²) in [5, 5.41) is 6.91. The van der Waals surface area contributed by atoms with Crippen LogP contribution in [0.25, 0.3) is 11.3 Å². The number of nitrogens with zero attached hydrogens (tertiary/aromatic N) is 1. The SMILES string of the molecule is O=C(CCOc1ccccc1)NCCc1cc(-c2ccccc2)on1. The Morgan fingerprint density at radius 2 is 1.76 bits per heavy atom. The van der Waals surface area contributed by atoms with Gasteiger partial charge in [-0.15, -0.1) is 0 Å². The Balaban J connectivity index is 1.36. The number of carbonyl (C=O) groups excluding carboxylic acids is 1. The van der Waals surface area contributed by atoms with E-state index in [4.69, 9.17) is 9.26 Å². The van der Waals surface area contributed by atoms with Gasteiger partial charge in [0.1, 0.15) is 5.75 Å². The minimum Gasteiger partial charge on any atom is -0.493 e. The highest BCUT2D eigenvalue weighted by Gasteiger charge is 2.07. The summed E-state index contributed by atoms with van der Waals surface area (Å²) in [6, 6.07) is 21.2. The molecule has 0 saturated carbocycles. The van der Waals surface area contributed by atoms with Crippen LogP contribution >= 0.6 is 0 Å². The van der Waals surface area contributed by atoms with Crippen LogP contribution in [0.3, 0.4) is 0 Å². The molecule has 0 spiro atoms. The molecule has 1 aromatic heterocycles. The number of nitrogens with one attached hydrogen (secondary N) is 1. The molecule has 2 aromatic carbocycles. The van der Waals surface area contributed by atoms with Crippen LogP contribution in [0.2, 0.25) is 0 Å². The van der Waals surface area contributed by atoms with E-state index in [1.54, 1.807) is 0 Å². The van der Waals surface area contributed by atoms with Gasteiger partial charge >= 0.3 is 0 Å². The summed E-state index contributed by atoms with van der Waals surface area (Å²) in [7, 11) is 0. The average molecular weight is 336 g/mol. The maximum Gasteiger partial charge on any atom is 0.223 e. The molecule has 0 fully saturated rings. The van der Waals surface area contributed by atoms with Crippen molar-refractivity contribution in [2.75, 3.05) is 13.2 Å². The highest BCUT2D eigenvalue weighted by Crippen LogP contribution is 2.19. The molecular weight excluding hydrogens is 316 g/mol. The van der Waals surface area contributed by atoms with Gasteiger partial charge in [-0.1, -0.05) is 53.7 Å². The van der Waals surface area contributed by atoms with Gasteiger partial charge in [0.05, 0.1) is 18.7 Å². The van der Waals surface area contributed by atoms with Crippen LogP contribution in [-0.2, 0) is 11.2 Å². The quantitative estimate of drug-likeness (QED) is 0.684. The Hall–Kier alpha value is -3.08. The van der Waals surface area contributed by atoms with Crippen LogP contribution in [0, 0.1) is 0 Å². The first-order valence-electron chi connectivity index (χ1n) is 8.27. The number of carbonyl (C=O) groups is 1. The predicted molar refractivity (Wildman–Crippen MR) is 95.2 cm³/mol. The maximum absolute atomic E-state index is 11.8. The fraction of sp³-hybridized carbons (Fsp3) is 0.200. The summed E-state index contributed by atoms with van der Waals surface area (Å²) in [5.74, 6) is 1.47. The van der Waals surface area contributed by atoms with E-state index >= 15 is 0 Å². The van der Waals surface area contributed by atoms with Crippen molar-refractivity contribution < 1.29 is 14.1 Å². The first-order valence-corrected chi connectivity index (χ1v) is 8.27. The lowest BCUT2D eigenvalue weighted by molar-refractivity contribution is -0.121. The maximum atomic E-state index is 11.8. The van der Waals surface area contributed by atoms with E-state index < -0.39 is 0 Å². The van der Waals surface area contributed by atoms with Gasteiger partial charge in [0, 0.05) is 24.6 Å². The average Bonchev–Trinajstić information content (AvgIpc) is 3.12. The van der Waals surface area contributed by atoms with Gasteiger partial charge in [0.25, 0.3) is 0 Å². The fourth-order valence-corrected chi connectivity index (χ4v) is 2.36. The molecule has 0 atom stereocenters. The largest absolute Gasteiger partial charge is 0.493 e. The second kappa shape index (κ2) is 8.68. The van der Waals surface area contributed by atoms with Crippen molar-refractivity contribution in [1.29, 1.82) is 0 Å². The van der Waals surface area contributed by atoms with E-state index in [0.717, 1.165) is 22.8 Å². The standard InChI is InChI=1S/C20H20N2O3/c23-20(12-14-24-18-9-5-2-6-10-18)21-13-11-17-15-19(25-22-17)16-7-3-1-4-8-16/h1-10,15H,11-14H2,(H,21,23). The van der Waals surface area contributed by atoms with Crippen molar-refractivity contribution in [1.82, 2.24) is 10.5 Å². The number of rotatable bonds is 8. The molecule has 3 rings (SSSR count). The van der Waals surface area contributed by atoms with Gasteiger partial charge in [-0.25, -0.2) is 0 Å². The van der Waals surface area contributed by atoms with Crippen LogP contribution < -0.4 is 10.1 Å². The molecule has 5 heteroatoms. The highest BCUT2D eigenvalue weighted by molar-refractivity contribution is 5.76. The van der Waals surface area contributed by atoms with E-state index in [9.17, 15) is 4.79 Å². The smallest absolute Gasteiger partial charge is 0.223 e. The van der Waals surface area contributed by atoms with Crippen LogP contribution in [0.15, 0.2) is 71.3 Å². The monoisotopic (exact) mass is 336 g/mol. The molecule has 0 bridgehead atoms. The Labute approximate surface area is 146 Å². The molecule has 0 saturated heterocycles. The predicted octanol–water partition coefficient (Wildman–Crippen LogP) is 3.47. The van der Waals surface area contributed by atoms with Crippen LogP contribution in [0.5, 0.6) is 5.75 Å². The summed E-state index contributed by atoms with van der Waals surface area (Å²) in [4.78, 5) is 11.8. The van der Waals surface area contributed by atoms with E-state index in [1.807, 2.05) is 66.7 Å². The van der Waals surface area contributed by atoms with Crippen molar-refractivity contribution in [3.8, 4) is 17.1 Å². The molecule has 1 amide bonds. The normalized spacial score (nSPS) is 10.4. The molecule has 0 aliphatic carbocycles. The van der Waals surface area contributed by atoms with E-state index in [1.165, 1.54) is 0 Å². The van der Waals surface area contributed by atoms with Crippen molar-refractivity contribution in [3.05, 3.63) is 72.4 Å². The minimum atomic E-state index is -0.0392. The summed E-state index contributed by atoms with van der Waals surface area (Å²) < 4.78 is 10.8. The minimum absolute atomic E-state index is 0.0392. The Morgan fingerprint density at radius 1 is 1.04 bits per heavy atom. The molecule has 0 aliphatic rings. The van der Waals surface area contributed by atoms with Gasteiger partial charge in [-0.05, 0) is 12.1 Å². The molecule has 1 heterocycles. The fourth-order valence-electron chi connectivity index (χ4n) is 2.36. The van der Waals surface area contributed by atoms with Crippen LogP contribution in [0.1, 0.15) is 12.1 Å². The van der Waals surface area contributed by atoms with Gasteiger partial charge in [-0.3, -0.25) is 4.79 Å². The summed E-state index contributed by atoms with van der Waals surface area (Å²) >= 11 is 0. The Kier molecular flexibility index (Phi) is 5.82. The van der Waals surface area contributed by atoms with Crippen molar-refractivity contribution >= 4 is 5.91 Å². The molecule has 0 aliphatic heterocycles. The first-order chi connectivity index (χ1) is 12.3. The van der Waals surface area contributed by atoms with Crippen LogP contribution in [-0.4, -0.2) is 24.2 Å². The van der Waals surface area contributed by atoms with Crippen molar-refractivity contribution in [2.45, 2.75) is 12.8 Å². The lowest BCUT2D eigenvalue weighted by Gasteiger charge is -2.06. The number of para-hydroxylation sites is 1. The van der Waals surface area contributed by atoms with Gasteiger partial charge in [0.15, 0.2) is 5.76 Å². The number of hydrogen-bond donors (Lipinski definition) is 1. The summed E-state index contributed by atoms with van der Waals surface area (Å²) in [6.07, 6.45) is 0.949. The zero-order chi connectivity index (χ0) is 17.3. The third-order valence-corrected chi connectivity index (χ3v) is 3.66. The summed E-state index contributed by atoms with van der Waals surface area (Å²) in [6.45, 7) is 0.878. The summed E-state index contributed by atoms with van der Waals surface area (Å²) in [5.41, 5.74) is 1.81. The topological polar surface area (TPSA) is 64.4 Å².